The average Bonchev–Trinajstić information content (AvgIpc) is 2.21. The van der Waals surface area contributed by atoms with Crippen molar-refractivity contribution in [2.24, 2.45) is 0 Å². The molecule has 0 radical (unpaired) electrons. The molecule has 90 valence electrons. The van der Waals surface area contributed by atoms with Crippen molar-refractivity contribution in [3.63, 3.8) is 0 Å². The summed E-state index contributed by atoms with van der Waals surface area (Å²) in [4.78, 5) is 0. The summed E-state index contributed by atoms with van der Waals surface area (Å²) in [5.74, 6) is -0.462. The van der Waals surface area contributed by atoms with Crippen molar-refractivity contribution in [1.82, 2.24) is 0 Å². The Morgan fingerprint density at radius 3 is 2.69 bits per heavy atom. The van der Waals surface area contributed by atoms with Crippen molar-refractivity contribution in [3.05, 3.63) is 34.6 Å². The molecule has 2 nitrogen and oxygen atoms in total. The van der Waals surface area contributed by atoms with Gasteiger partial charge in [0.25, 0.3) is 0 Å². The van der Waals surface area contributed by atoms with Gasteiger partial charge in [0, 0.05) is 6.42 Å². The molecular weight excluding hydrogens is 231 g/mol. The lowest BCUT2D eigenvalue weighted by Crippen LogP contribution is -2.20. The minimum absolute atomic E-state index is 0.0802. The fourth-order valence-electron chi connectivity index (χ4n) is 1.30. The van der Waals surface area contributed by atoms with Gasteiger partial charge < -0.3 is 9.84 Å². The molecule has 1 rings (SSSR count). The lowest BCUT2D eigenvalue weighted by Gasteiger charge is -2.13. The summed E-state index contributed by atoms with van der Waals surface area (Å²) in [6.07, 6.45) is -0.180. The molecule has 0 aromatic heterocycles. The van der Waals surface area contributed by atoms with Crippen LogP contribution in [0.3, 0.4) is 0 Å². The van der Waals surface area contributed by atoms with Crippen LogP contribution < -0.4 is 0 Å². The second-order valence-corrected chi connectivity index (χ2v) is 4.40. The first-order valence-electron chi connectivity index (χ1n) is 5.22. The second-order valence-electron chi connectivity index (χ2n) is 3.99. The van der Waals surface area contributed by atoms with Crippen LogP contribution in [0.15, 0.2) is 18.2 Å². The van der Waals surface area contributed by atoms with Gasteiger partial charge in [0.1, 0.15) is 5.82 Å². The van der Waals surface area contributed by atoms with Crippen molar-refractivity contribution in [3.8, 4) is 0 Å². The van der Waals surface area contributed by atoms with Crippen LogP contribution in [0, 0.1) is 5.82 Å². The largest absolute Gasteiger partial charge is 0.390 e. The van der Waals surface area contributed by atoms with E-state index < -0.39 is 11.9 Å². The molecule has 0 spiro atoms. The van der Waals surface area contributed by atoms with E-state index in [4.69, 9.17) is 16.3 Å². The van der Waals surface area contributed by atoms with Gasteiger partial charge in [-0.3, -0.25) is 0 Å². The lowest BCUT2D eigenvalue weighted by atomic mass is 10.1. The molecule has 0 aliphatic carbocycles. The Morgan fingerprint density at radius 2 is 2.12 bits per heavy atom. The average molecular weight is 247 g/mol. The Morgan fingerprint density at radius 1 is 1.44 bits per heavy atom. The number of aliphatic hydroxyl groups is 1. The fourth-order valence-corrected chi connectivity index (χ4v) is 1.42. The molecule has 0 saturated heterocycles. The molecule has 0 bridgehead atoms. The fraction of sp³-hybridized carbons (Fsp3) is 0.500. The first-order chi connectivity index (χ1) is 7.49. The topological polar surface area (TPSA) is 29.5 Å². The molecule has 1 aromatic rings. The Hall–Kier alpha value is -0.640. The van der Waals surface area contributed by atoms with Crippen LogP contribution in [-0.4, -0.2) is 23.9 Å². The SMILES string of the molecule is CC(C)OCC(O)Cc1ccc(Cl)c(F)c1. The van der Waals surface area contributed by atoms with E-state index in [9.17, 15) is 9.50 Å². The number of hydrogen-bond donors (Lipinski definition) is 1. The van der Waals surface area contributed by atoms with Gasteiger partial charge in [0.2, 0.25) is 0 Å². The summed E-state index contributed by atoms with van der Waals surface area (Å²) in [5, 5.41) is 9.73. The molecule has 4 heteroatoms. The Kier molecular flexibility index (Phi) is 5.19. The highest BCUT2D eigenvalue weighted by Crippen LogP contribution is 2.16. The molecule has 0 heterocycles. The van der Waals surface area contributed by atoms with E-state index in [1.807, 2.05) is 13.8 Å². The van der Waals surface area contributed by atoms with Gasteiger partial charge in [-0.2, -0.15) is 0 Å². The maximum Gasteiger partial charge on any atom is 0.142 e. The maximum atomic E-state index is 13.1. The van der Waals surface area contributed by atoms with E-state index in [-0.39, 0.29) is 17.7 Å². The van der Waals surface area contributed by atoms with Gasteiger partial charge in [0.15, 0.2) is 0 Å². The Balaban J connectivity index is 2.49. The third-order valence-electron chi connectivity index (χ3n) is 2.08. The summed E-state index contributed by atoms with van der Waals surface area (Å²) >= 11 is 5.56. The Labute approximate surface area is 100.0 Å². The van der Waals surface area contributed by atoms with E-state index in [1.165, 1.54) is 12.1 Å². The maximum absolute atomic E-state index is 13.1. The summed E-state index contributed by atoms with van der Waals surface area (Å²) in [5.41, 5.74) is 0.710. The van der Waals surface area contributed by atoms with Crippen LogP contribution in [0.4, 0.5) is 4.39 Å². The highest BCUT2D eigenvalue weighted by Gasteiger charge is 2.08. The molecule has 0 saturated carbocycles. The van der Waals surface area contributed by atoms with Gasteiger partial charge in [-0.1, -0.05) is 17.7 Å². The number of benzene rings is 1. The van der Waals surface area contributed by atoms with Crippen LogP contribution in [0.25, 0.3) is 0 Å². The molecule has 0 aliphatic rings. The zero-order valence-corrected chi connectivity index (χ0v) is 10.2. The van der Waals surface area contributed by atoms with Gasteiger partial charge >= 0.3 is 0 Å². The first kappa shape index (κ1) is 13.4. The quantitative estimate of drug-likeness (QED) is 0.866. The van der Waals surface area contributed by atoms with Gasteiger partial charge in [-0.05, 0) is 31.5 Å². The predicted molar refractivity (Wildman–Crippen MR) is 62.2 cm³/mol. The highest BCUT2D eigenvalue weighted by molar-refractivity contribution is 6.30. The van der Waals surface area contributed by atoms with Gasteiger partial charge in [-0.15, -0.1) is 0 Å². The van der Waals surface area contributed by atoms with E-state index in [1.54, 1.807) is 6.07 Å². The van der Waals surface area contributed by atoms with Gasteiger partial charge in [0.05, 0.1) is 23.8 Å². The van der Waals surface area contributed by atoms with Crippen LogP contribution in [0.1, 0.15) is 19.4 Å². The van der Waals surface area contributed by atoms with Crippen LogP contribution in [-0.2, 0) is 11.2 Å². The molecule has 1 unspecified atom stereocenters. The number of rotatable bonds is 5. The van der Waals surface area contributed by atoms with E-state index in [0.29, 0.717) is 12.0 Å². The molecule has 1 atom stereocenters. The number of hydrogen-bond acceptors (Lipinski definition) is 2. The first-order valence-corrected chi connectivity index (χ1v) is 5.60. The van der Waals surface area contributed by atoms with Crippen LogP contribution in [0.5, 0.6) is 0 Å². The van der Waals surface area contributed by atoms with E-state index >= 15 is 0 Å². The van der Waals surface area contributed by atoms with Crippen molar-refractivity contribution in [2.45, 2.75) is 32.5 Å². The Bertz CT molecular complexity index is 342. The molecule has 0 amide bonds. The third kappa shape index (κ3) is 4.47. The molecule has 1 N–H and O–H groups in total. The number of halogens is 2. The minimum Gasteiger partial charge on any atom is -0.390 e. The summed E-state index contributed by atoms with van der Waals surface area (Å²) < 4.78 is 18.4. The third-order valence-corrected chi connectivity index (χ3v) is 2.38. The van der Waals surface area contributed by atoms with Gasteiger partial charge in [-0.25, -0.2) is 4.39 Å². The molecule has 0 fully saturated rings. The molecule has 0 aliphatic heterocycles. The lowest BCUT2D eigenvalue weighted by molar-refractivity contribution is 0.00619. The molecule has 16 heavy (non-hydrogen) atoms. The summed E-state index contributed by atoms with van der Waals surface area (Å²) in [6, 6.07) is 4.52. The smallest absolute Gasteiger partial charge is 0.142 e. The van der Waals surface area contributed by atoms with Crippen molar-refractivity contribution in [2.75, 3.05) is 6.61 Å². The normalized spacial score (nSPS) is 13.1. The summed E-state index contributed by atoms with van der Waals surface area (Å²) in [6.45, 7) is 4.05. The minimum atomic E-state index is -0.622. The second kappa shape index (κ2) is 6.18. The monoisotopic (exact) mass is 246 g/mol. The van der Waals surface area contributed by atoms with Crippen molar-refractivity contribution < 1.29 is 14.2 Å². The van der Waals surface area contributed by atoms with Crippen LogP contribution in [0.2, 0.25) is 5.02 Å². The highest BCUT2D eigenvalue weighted by atomic mass is 35.5. The zero-order chi connectivity index (χ0) is 12.1. The summed E-state index contributed by atoms with van der Waals surface area (Å²) in [7, 11) is 0. The van der Waals surface area contributed by atoms with E-state index in [0.717, 1.165) is 0 Å². The number of aliphatic hydroxyl groups excluding tert-OH is 1. The van der Waals surface area contributed by atoms with Crippen molar-refractivity contribution in [1.29, 1.82) is 0 Å². The van der Waals surface area contributed by atoms with Crippen LogP contribution >= 0.6 is 11.6 Å². The predicted octanol–water partition coefficient (Wildman–Crippen LogP) is 2.81. The molecular formula is C12H16ClFO2. The zero-order valence-electron chi connectivity index (χ0n) is 9.41. The number of ether oxygens (including phenoxy) is 1. The molecule has 1 aromatic carbocycles. The van der Waals surface area contributed by atoms with Crippen molar-refractivity contribution >= 4 is 11.6 Å². The van der Waals surface area contributed by atoms with E-state index in [2.05, 4.69) is 0 Å². The standard InChI is InChI=1S/C12H16ClFO2/c1-8(2)16-7-10(15)5-9-3-4-11(13)12(14)6-9/h3-4,6,8,10,15H,5,7H2,1-2H3.